The number of carboxylic acid groups (broad SMARTS) is 2. The number of aromatic amines is 1. The lowest BCUT2D eigenvalue weighted by atomic mass is 10.0. The molecule has 4 unspecified atom stereocenters. The summed E-state index contributed by atoms with van der Waals surface area (Å²) in [5.74, 6) is -4.88. The molecule has 1 aromatic heterocycles. The summed E-state index contributed by atoms with van der Waals surface area (Å²) >= 11 is 0. The zero-order chi connectivity index (χ0) is 30.1. The average Bonchev–Trinajstić information content (AvgIpc) is 3.33. The Morgan fingerprint density at radius 3 is 2.17 bits per heavy atom. The smallest absolute Gasteiger partial charge is 0.326 e. The fourth-order valence-corrected chi connectivity index (χ4v) is 4.19. The number of benzene rings is 2. The lowest BCUT2D eigenvalue weighted by molar-refractivity contribution is -0.143. The molecule has 3 amide bonds. The zero-order valence-corrected chi connectivity index (χ0v) is 22.3. The van der Waals surface area contributed by atoms with Crippen molar-refractivity contribution in [2.45, 2.75) is 56.8 Å². The summed E-state index contributed by atoms with van der Waals surface area (Å²) in [5.41, 5.74) is 8.31. The number of nitrogens with two attached hydrogens (primary N) is 1. The van der Waals surface area contributed by atoms with Gasteiger partial charge in [0.15, 0.2) is 0 Å². The molecule has 3 aromatic rings. The first kappa shape index (κ1) is 30.6. The van der Waals surface area contributed by atoms with E-state index in [2.05, 4.69) is 20.9 Å². The van der Waals surface area contributed by atoms with Crippen molar-refractivity contribution in [3.63, 3.8) is 0 Å². The molecule has 2 aromatic carbocycles. The monoisotopic (exact) mass is 567 g/mol. The van der Waals surface area contributed by atoms with Crippen molar-refractivity contribution in [2.75, 3.05) is 0 Å². The number of carbonyl (C=O) groups is 5. The quantitative estimate of drug-likeness (QED) is 0.135. The molecule has 0 aliphatic carbocycles. The Labute approximate surface area is 235 Å². The van der Waals surface area contributed by atoms with Crippen LogP contribution in [0.2, 0.25) is 0 Å². The van der Waals surface area contributed by atoms with Gasteiger partial charge in [0.05, 0.1) is 6.04 Å². The van der Waals surface area contributed by atoms with Gasteiger partial charge < -0.3 is 42.0 Å². The Balaban J connectivity index is 1.61. The van der Waals surface area contributed by atoms with Gasteiger partial charge in [-0.2, -0.15) is 0 Å². The Hall–Kier alpha value is -4.91. The number of para-hydroxylation sites is 1. The third-order valence-electron chi connectivity index (χ3n) is 6.47. The number of hydrogen-bond donors (Lipinski definition) is 8. The fourth-order valence-electron chi connectivity index (χ4n) is 4.19. The Morgan fingerprint density at radius 1 is 0.854 bits per heavy atom. The van der Waals surface area contributed by atoms with E-state index in [4.69, 9.17) is 10.8 Å². The van der Waals surface area contributed by atoms with Crippen LogP contribution in [0.1, 0.15) is 30.9 Å². The minimum absolute atomic E-state index is 0.0127. The molecule has 1 heterocycles. The molecule has 13 nitrogen and oxygen atoms in total. The van der Waals surface area contributed by atoms with E-state index in [0.29, 0.717) is 5.56 Å². The van der Waals surface area contributed by atoms with Gasteiger partial charge >= 0.3 is 11.9 Å². The van der Waals surface area contributed by atoms with E-state index in [9.17, 15) is 34.2 Å². The Morgan fingerprint density at radius 2 is 1.51 bits per heavy atom. The first-order chi connectivity index (χ1) is 19.4. The van der Waals surface area contributed by atoms with Crippen LogP contribution in [0.15, 0.2) is 54.7 Å². The van der Waals surface area contributed by atoms with Crippen molar-refractivity contribution < 1.29 is 39.3 Å². The van der Waals surface area contributed by atoms with Crippen molar-refractivity contribution in [1.29, 1.82) is 0 Å². The summed E-state index contributed by atoms with van der Waals surface area (Å²) in [5, 5.41) is 36.3. The number of phenolic OH excluding ortho intramolecular Hbond substituents is 1. The molecule has 0 aliphatic heterocycles. The molecule has 13 heteroatoms. The number of rotatable bonds is 14. The molecule has 218 valence electrons. The lowest BCUT2D eigenvalue weighted by Crippen LogP contribution is -2.56. The second-order valence-electron chi connectivity index (χ2n) is 9.66. The number of nitrogens with one attached hydrogen (secondary N) is 4. The summed E-state index contributed by atoms with van der Waals surface area (Å²) in [6.45, 7) is 1.38. The predicted octanol–water partition coefficient (Wildman–Crippen LogP) is 0.410. The average molecular weight is 568 g/mol. The largest absolute Gasteiger partial charge is 0.508 e. The van der Waals surface area contributed by atoms with Gasteiger partial charge in [-0.25, -0.2) is 4.79 Å². The van der Waals surface area contributed by atoms with Crippen molar-refractivity contribution in [2.24, 2.45) is 5.73 Å². The van der Waals surface area contributed by atoms with Gasteiger partial charge in [-0.3, -0.25) is 19.2 Å². The fraction of sp³-hybridized carbons (Fsp3) is 0.321. The molecule has 0 fully saturated rings. The van der Waals surface area contributed by atoms with Crippen LogP contribution < -0.4 is 21.7 Å². The number of carboxylic acids is 2. The molecule has 41 heavy (non-hydrogen) atoms. The van der Waals surface area contributed by atoms with Gasteiger partial charge in [-0.05, 0) is 49.1 Å². The van der Waals surface area contributed by atoms with Crippen molar-refractivity contribution in [1.82, 2.24) is 20.9 Å². The van der Waals surface area contributed by atoms with E-state index in [1.807, 2.05) is 24.3 Å². The Bertz CT molecular complexity index is 1400. The predicted molar refractivity (Wildman–Crippen MR) is 148 cm³/mol. The van der Waals surface area contributed by atoms with Crippen LogP contribution in [0.25, 0.3) is 10.9 Å². The Kier molecular flexibility index (Phi) is 10.4. The molecule has 0 bridgehead atoms. The maximum Gasteiger partial charge on any atom is 0.326 e. The summed E-state index contributed by atoms with van der Waals surface area (Å²) in [7, 11) is 0. The van der Waals surface area contributed by atoms with Gasteiger partial charge in [0.25, 0.3) is 0 Å². The van der Waals surface area contributed by atoms with Crippen molar-refractivity contribution in [3.05, 3.63) is 65.9 Å². The van der Waals surface area contributed by atoms with Gasteiger partial charge in [-0.1, -0.05) is 30.3 Å². The van der Waals surface area contributed by atoms with Crippen molar-refractivity contribution in [3.8, 4) is 5.75 Å². The first-order valence-electron chi connectivity index (χ1n) is 12.9. The third-order valence-corrected chi connectivity index (χ3v) is 6.47. The van der Waals surface area contributed by atoms with Crippen LogP contribution in [0.5, 0.6) is 5.75 Å². The highest BCUT2D eigenvalue weighted by Crippen LogP contribution is 2.19. The number of fused-ring (bicyclic) bond motifs is 1. The molecule has 4 atom stereocenters. The van der Waals surface area contributed by atoms with Gasteiger partial charge in [0.2, 0.25) is 17.7 Å². The zero-order valence-electron chi connectivity index (χ0n) is 22.3. The number of hydrogen-bond acceptors (Lipinski definition) is 7. The summed E-state index contributed by atoms with van der Waals surface area (Å²) in [4.78, 5) is 64.6. The van der Waals surface area contributed by atoms with Crippen LogP contribution in [-0.2, 0) is 36.8 Å². The topological polar surface area (TPSA) is 224 Å². The van der Waals surface area contributed by atoms with E-state index in [-0.39, 0.29) is 25.0 Å². The molecule has 0 saturated heterocycles. The highest BCUT2D eigenvalue weighted by molar-refractivity contribution is 5.94. The van der Waals surface area contributed by atoms with E-state index in [1.54, 1.807) is 6.20 Å². The number of aromatic hydroxyl groups is 1. The van der Waals surface area contributed by atoms with E-state index in [0.717, 1.165) is 16.5 Å². The molecular formula is C28H33N5O8. The number of aliphatic carboxylic acids is 2. The van der Waals surface area contributed by atoms with E-state index in [1.165, 1.54) is 31.2 Å². The number of aromatic nitrogens is 1. The maximum atomic E-state index is 13.0. The lowest BCUT2D eigenvalue weighted by Gasteiger charge is -2.23. The van der Waals surface area contributed by atoms with Crippen LogP contribution in [0.4, 0.5) is 0 Å². The van der Waals surface area contributed by atoms with Crippen LogP contribution in [0.3, 0.4) is 0 Å². The second-order valence-corrected chi connectivity index (χ2v) is 9.66. The standard InChI is InChI=1S/C28H33N5O8/c1-15(31-26(38)20(29)13-17-14-30-21-5-3-2-4-19(17)21)25(37)32-22(10-11-24(35)36)27(39)33-23(28(40)41)12-16-6-8-18(34)9-7-16/h2-9,14-15,20,22-23,30,34H,10-13,29H2,1H3,(H,31,38)(H,32,37)(H,33,39)(H,35,36)(H,40,41). The normalized spacial score (nSPS) is 13.9. The maximum absolute atomic E-state index is 13.0. The van der Waals surface area contributed by atoms with Crippen molar-refractivity contribution >= 4 is 40.6 Å². The summed E-state index contributed by atoms with van der Waals surface area (Å²) in [6.07, 6.45) is 1.03. The van der Waals surface area contributed by atoms with Crippen LogP contribution in [0, 0.1) is 0 Å². The van der Waals surface area contributed by atoms with Crippen LogP contribution >= 0.6 is 0 Å². The van der Waals surface area contributed by atoms with Crippen LogP contribution in [-0.4, -0.2) is 74.1 Å². The summed E-state index contributed by atoms with van der Waals surface area (Å²) in [6, 6.07) is 8.35. The number of phenols is 1. The van der Waals surface area contributed by atoms with Gasteiger partial charge in [-0.15, -0.1) is 0 Å². The molecule has 0 radical (unpaired) electrons. The minimum Gasteiger partial charge on any atom is -0.508 e. The number of amides is 3. The summed E-state index contributed by atoms with van der Waals surface area (Å²) < 4.78 is 0. The van der Waals surface area contributed by atoms with Gasteiger partial charge in [0.1, 0.15) is 23.9 Å². The number of H-pyrrole nitrogens is 1. The minimum atomic E-state index is -1.39. The third kappa shape index (κ3) is 8.80. The first-order valence-corrected chi connectivity index (χ1v) is 12.9. The molecular weight excluding hydrogens is 534 g/mol. The van der Waals surface area contributed by atoms with E-state index < -0.39 is 60.2 Å². The molecule has 3 rings (SSSR count). The second kappa shape index (κ2) is 13.9. The number of carbonyl (C=O) groups excluding carboxylic acids is 3. The van der Waals surface area contributed by atoms with E-state index >= 15 is 0 Å². The molecule has 9 N–H and O–H groups in total. The SMILES string of the molecule is CC(NC(=O)C(N)Cc1c[nH]c2ccccc12)C(=O)NC(CCC(=O)O)C(=O)NC(Cc1ccc(O)cc1)C(=O)O. The highest BCUT2D eigenvalue weighted by Gasteiger charge is 2.29. The van der Waals surface area contributed by atoms with Gasteiger partial charge in [0, 0.05) is 29.9 Å². The molecule has 0 aliphatic rings. The highest BCUT2D eigenvalue weighted by atomic mass is 16.4. The molecule has 0 saturated carbocycles. The molecule has 0 spiro atoms.